The molecule has 92 valence electrons. The molecule has 0 radical (unpaired) electrons. The van der Waals surface area contributed by atoms with Crippen LogP contribution in [0.15, 0.2) is 6.07 Å². The summed E-state index contributed by atoms with van der Waals surface area (Å²) in [6.07, 6.45) is 1.34. The van der Waals surface area contributed by atoms with Crippen LogP contribution in [0.25, 0.3) is 0 Å². The van der Waals surface area contributed by atoms with Gasteiger partial charge in [0.1, 0.15) is 0 Å². The molecule has 0 saturated carbocycles. The number of hydrogen-bond acceptors (Lipinski definition) is 5. The number of anilines is 1. The summed E-state index contributed by atoms with van der Waals surface area (Å²) in [5.41, 5.74) is 0.846. The molecule has 1 saturated heterocycles. The number of aryl methyl sites for hydroxylation is 1. The van der Waals surface area contributed by atoms with Crippen molar-refractivity contribution in [1.82, 2.24) is 15.3 Å². The van der Waals surface area contributed by atoms with E-state index in [4.69, 9.17) is 4.74 Å². The van der Waals surface area contributed by atoms with Gasteiger partial charge in [-0.2, -0.15) is 4.98 Å². The van der Waals surface area contributed by atoms with Crippen LogP contribution in [0.4, 0.5) is 5.95 Å². The molecule has 6 nitrogen and oxygen atoms in total. The van der Waals surface area contributed by atoms with Crippen molar-refractivity contribution in [3.05, 3.63) is 11.8 Å². The van der Waals surface area contributed by atoms with Crippen molar-refractivity contribution in [2.45, 2.75) is 25.8 Å². The summed E-state index contributed by atoms with van der Waals surface area (Å²) in [5.74, 6) is 1.19. The zero-order valence-electron chi connectivity index (χ0n) is 9.99. The summed E-state index contributed by atoms with van der Waals surface area (Å²) < 4.78 is 5.08. The van der Waals surface area contributed by atoms with Gasteiger partial charge < -0.3 is 15.4 Å². The first kappa shape index (κ1) is 11.6. The number of carbonyl (C=O) groups excluding carboxylic acids is 1. The molecular weight excluding hydrogens is 220 g/mol. The molecule has 2 heterocycles. The van der Waals surface area contributed by atoms with Gasteiger partial charge in [-0.15, -0.1) is 0 Å². The predicted molar refractivity (Wildman–Crippen MR) is 63.0 cm³/mol. The largest absolute Gasteiger partial charge is 0.481 e. The SMILES string of the molecule is COc1cc(C)nc(NC2CCC(=O)NC2)n1. The van der Waals surface area contributed by atoms with Crippen LogP contribution >= 0.6 is 0 Å². The van der Waals surface area contributed by atoms with E-state index in [1.807, 2.05) is 6.92 Å². The highest BCUT2D eigenvalue weighted by molar-refractivity contribution is 5.76. The normalized spacial score (nSPS) is 19.6. The van der Waals surface area contributed by atoms with Gasteiger partial charge in [0.05, 0.1) is 7.11 Å². The molecule has 0 aliphatic carbocycles. The number of amides is 1. The van der Waals surface area contributed by atoms with E-state index in [2.05, 4.69) is 20.6 Å². The number of aromatic nitrogens is 2. The Labute approximate surface area is 99.8 Å². The van der Waals surface area contributed by atoms with Crippen molar-refractivity contribution in [3.8, 4) is 5.88 Å². The van der Waals surface area contributed by atoms with Crippen LogP contribution in [-0.2, 0) is 4.79 Å². The van der Waals surface area contributed by atoms with Gasteiger partial charge in [-0.05, 0) is 13.3 Å². The second kappa shape index (κ2) is 4.99. The Morgan fingerprint density at radius 3 is 3.00 bits per heavy atom. The summed E-state index contributed by atoms with van der Waals surface area (Å²) in [6.45, 7) is 2.50. The molecule has 1 fully saturated rings. The smallest absolute Gasteiger partial charge is 0.226 e. The summed E-state index contributed by atoms with van der Waals surface area (Å²) in [7, 11) is 1.58. The van der Waals surface area contributed by atoms with Crippen LogP contribution in [0.1, 0.15) is 18.5 Å². The van der Waals surface area contributed by atoms with E-state index in [0.29, 0.717) is 24.8 Å². The molecule has 1 aliphatic rings. The number of rotatable bonds is 3. The summed E-state index contributed by atoms with van der Waals surface area (Å²) >= 11 is 0. The number of nitrogens with one attached hydrogen (secondary N) is 2. The fraction of sp³-hybridized carbons (Fsp3) is 0.545. The quantitative estimate of drug-likeness (QED) is 0.798. The molecule has 2 N–H and O–H groups in total. The van der Waals surface area contributed by atoms with Gasteiger partial charge in [-0.1, -0.05) is 0 Å². The molecule has 1 aliphatic heterocycles. The van der Waals surface area contributed by atoms with Crippen LogP contribution in [0.5, 0.6) is 5.88 Å². The highest BCUT2D eigenvalue weighted by Crippen LogP contribution is 2.14. The first-order valence-electron chi connectivity index (χ1n) is 5.60. The van der Waals surface area contributed by atoms with Gasteiger partial charge in [-0.3, -0.25) is 4.79 Å². The van der Waals surface area contributed by atoms with Crippen LogP contribution in [0.3, 0.4) is 0 Å². The average Bonchev–Trinajstić information content (AvgIpc) is 2.31. The minimum atomic E-state index is 0.103. The maximum absolute atomic E-state index is 11.0. The zero-order chi connectivity index (χ0) is 12.3. The maximum Gasteiger partial charge on any atom is 0.226 e. The second-order valence-electron chi connectivity index (χ2n) is 4.06. The molecule has 0 spiro atoms. The predicted octanol–water partition coefficient (Wildman–Crippen LogP) is 0.484. The van der Waals surface area contributed by atoms with Crippen LogP contribution < -0.4 is 15.4 Å². The third-order valence-corrected chi connectivity index (χ3v) is 2.64. The standard InChI is InChI=1S/C11H16N4O2/c1-7-5-10(17-2)15-11(13-7)14-8-3-4-9(16)12-6-8/h5,8H,3-4,6H2,1-2H3,(H,12,16)(H,13,14,15). The lowest BCUT2D eigenvalue weighted by molar-refractivity contribution is -0.122. The van der Waals surface area contributed by atoms with Crippen LogP contribution in [-0.4, -0.2) is 35.6 Å². The zero-order valence-corrected chi connectivity index (χ0v) is 9.99. The molecule has 1 atom stereocenters. The van der Waals surface area contributed by atoms with Crippen molar-refractivity contribution in [1.29, 1.82) is 0 Å². The Bertz CT molecular complexity index is 412. The Kier molecular flexibility index (Phi) is 3.41. The minimum absolute atomic E-state index is 0.103. The molecule has 1 unspecified atom stereocenters. The molecular formula is C11H16N4O2. The minimum Gasteiger partial charge on any atom is -0.481 e. The topological polar surface area (TPSA) is 76.1 Å². The number of methoxy groups -OCH3 is 1. The number of nitrogens with zero attached hydrogens (tertiary/aromatic N) is 2. The maximum atomic E-state index is 11.0. The molecule has 1 aromatic rings. The lowest BCUT2D eigenvalue weighted by Gasteiger charge is -2.23. The van der Waals surface area contributed by atoms with Crippen molar-refractivity contribution in [2.75, 3.05) is 19.0 Å². The van der Waals surface area contributed by atoms with Crippen LogP contribution in [0.2, 0.25) is 0 Å². The lowest BCUT2D eigenvalue weighted by Crippen LogP contribution is -2.42. The Morgan fingerprint density at radius 1 is 1.53 bits per heavy atom. The Morgan fingerprint density at radius 2 is 2.35 bits per heavy atom. The summed E-state index contributed by atoms with van der Waals surface area (Å²) in [6, 6.07) is 1.95. The van der Waals surface area contributed by atoms with Gasteiger partial charge in [0.25, 0.3) is 0 Å². The molecule has 0 bridgehead atoms. The first-order valence-corrected chi connectivity index (χ1v) is 5.60. The fourth-order valence-electron chi connectivity index (χ4n) is 1.75. The molecule has 1 amide bonds. The highest BCUT2D eigenvalue weighted by atomic mass is 16.5. The van der Waals surface area contributed by atoms with Gasteiger partial charge in [0, 0.05) is 30.8 Å². The Hall–Kier alpha value is -1.85. The van der Waals surface area contributed by atoms with E-state index in [0.717, 1.165) is 12.1 Å². The monoisotopic (exact) mass is 236 g/mol. The van der Waals surface area contributed by atoms with E-state index in [1.165, 1.54) is 0 Å². The summed E-state index contributed by atoms with van der Waals surface area (Å²) in [5, 5.41) is 6.01. The number of ether oxygens (including phenoxy) is 1. The van der Waals surface area contributed by atoms with Gasteiger partial charge >= 0.3 is 0 Å². The number of hydrogen-bond donors (Lipinski definition) is 2. The van der Waals surface area contributed by atoms with Crippen molar-refractivity contribution in [2.24, 2.45) is 0 Å². The lowest BCUT2D eigenvalue weighted by atomic mass is 10.1. The second-order valence-corrected chi connectivity index (χ2v) is 4.06. The molecule has 6 heteroatoms. The number of piperidine rings is 1. The Balaban J connectivity index is 2.02. The van der Waals surface area contributed by atoms with Crippen molar-refractivity contribution >= 4 is 11.9 Å². The van der Waals surface area contributed by atoms with Crippen LogP contribution in [0, 0.1) is 6.92 Å². The molecule has 17 heavy (non-hydrogen) atoms. The first-order chi connectivity index (χ1) is 8.17. The van der Waals surface area contributed by atoms with Gasteiger partial charge in [0.15, 0.2) is 0 Å². The van der Waals surface area contributed by atoms with E-state index >= 15 is 0 Å². The highest BCUT2D eigenvalue weighted by Gasteiger charge is 2.18. The summed E-state index contributed by atoms with van der Waals surface area (Å²) in [4.78, 5) is 19.5. The van der Waals surface area contributed by atoms with Crippen molar-refractivity contribution < 1.29 is 9.53 Å². The van der Waals surface area contributed by atoms with E-state index in [-0.39, 0.29) is 11.9 Å². The molecule has 2 rings (SSSR count). The van der Waals surface area contributed by atoms with Crippen molar-refractivity contribution in [3.63, 3.8) is 0 Å². The van der Waals surface area contributed by atoms with E-state index in [1.54, 1.807) is 13.2 Å². The van der Waals surface area contributed by atoms with Gasteiger partial charge in [0.2, 0.25) is 17.7 Å². The molecule has 1 aromatic heterocycles. The third kappa shape index (κ3) is 3.05. The fourth-order valence-corrected chi connectivity index (χ4v) is 1.75. The third-order valence-electron chi connectivity index (χ3n) is 2.64. The number of carbonyl (C=O) groups is 1. The average molecular weight is 236 g/mol. The van der Waals surface area contributed by atoms with Gasteiger partial charge in [-0.25, -0.2) is 4.98 Å². The van der Waals surface area contributed by atoms with E-state index < -0.39 is 0 Å². The molecule has 0 aromatic carbocycles. The van der Waals surface area contributed by atoms with E-state index in [9.17, 15) is 4.79 Å².